The van der Waals surface area contributed by atoms with Crippen LogP contribution in [0.25, 0.3) is 0 Å². The third-order valence-corrected chi connectivity index (χ3v) is 6.24. The molecule has 0 aliphatic heterocycles. The van der Waals surface area contributed by atoms with Gasteiger partial charge in [0.25, 0.3) is 5.91 Å². The van der Waals surface area contributed by atoms with Crippen LogP contribution in [0.1, 0.15) is 40.9 Å². The molecule has 2 aromatic rings. The largest absolute Gasteiger partial charge is 0.393 e. The van der Waals surface area contributed by atoms with Gasteiger partial charge in [-0.1, -0.05) is 43.3 Å². The fraction of sp³-hybridized carbons (Fsp3) is 0.381. The summed E-state index contributed by atoms with van der Waals surface area (Å²) in [5.74, 6) is -0.401. The first-order chi connectivity index (χ1) is 12.9. The number of hydrogen-bond acceptors (Lipinski definition) is 4. The lowest BCUT2D eigenvalue weighted by molar-refractivity contribution is 0.0500. The summed E-state index contributed by atoms with van der Waals surface area (Å²) >= 11 is 0. The number of aliphatic hydroxyl groups is 1. The zero-order valence-corrected chi connectivity index (χ0v) is 17.5. The van der Waals surface area contributed by atoms with E-state index in [-0.39, 0.29) is 17.0 Å². The van der Waals surface area contributed by atoms with E-state index in [1.54, 1.807) is 26.8 Å². The van der Waals surface area contributed by atoms with E-state index in [4.69, 9.17) is 5.14 Å². The molecule has 2 aromatic carbocycles. The van der Waals surface area contributed by atoms with E-state index in [1.807, 2.05) is 37.3 Å². The second-order valence-corrected chi connectivity index (χ2v) is 9.18. The summed E-state index contributed by atoms with van der Waals surface area (Å²) in [6, 6.07) is 12.7. The Labute approximate surface area is 166 Å². The van der Waals surface area contributed by atoms with Crippen LogP contribution in [0, 0.1) is 19.3 Å². The smallest absolute Gasteiger partial charge is 0.251 e. The SMILES string of the molecule is Cc1cc(C)c(S(N)(=O)=O)cc1C(=O)NC[C@](C)(Cc1ccccc1)[C@H](C)O. The Kier molecular flexibility index (Phi) is 6.64. The first-order valence-corrected chi connectivity index (χ1v) is 10.6. The van der Waals surface area contributed by atoms with Crippen molar-refractivity contribution in [2.24, 2.45) is 10.6 Å². The standard InChI is InChI=1S/C21H28N2O4S/c1-14-10-15(2)19(28(22,26)27)11-18(14)20(25)23-13-21(4,16(3)24)12-17-8-6-5-7-9-17/h5-11,16,24H,12-13H2,1-4H3,(H,23,25)(H2,22,26,27)/t16-,21-/m0/s1. The molecule has 2 atom stereocenters. The van der Waals surface area contributed by atoms with Crippen molar-refractivity contribution in [3.8, 4) is 0 Å². The number of nitrogens with two attached hydrogens (primary N) is 1. The summed E-state index contributed by atoms with van der Waals surface area (Å²) in [4.78, 5) is 12.7. The Morgan fingerprint density at radius 3 is 2.32 bits per heavy atom. The second kappa shape index (κ2) is 8.43. The van der Waals surface area contributed by atoms with Crippen LogP contribution in [0.2, 0.25) is 0 Å². The molecule has 0 saturated carbocycles. The molecule has 0 aromatic heterocycles. The third kappa shape index (κ3) is 5.19. The minimum Gasteiger partial charge on any atom is -0.393 e. The molecule has 7 heteroatoms. The summed E-state index contributed by atoms with van der Waals surface area (Å²) in [5, 5.41) is 18.4. The molecular formula is C21H28N2O4S. The maximum Gasteiger partial charge on any atom is 0.251 e. The molecule has 4 N–H and O–H groups in total. The van der Waals surface area contributed by atoms with Crippen molar-refractivity contribution in [1.82, 2.24) is 5.32 Å². The highest BCUT2D eigenvalue weighted by Crippen LogP contribution is 2.27. The molecule has 28 heavy (non-hydrogen) atoms. The van der Waals surface area contributed by atoms with Gasteiger partial charge in [-0.05, 0) is 49.9 Å². The van der Waals surface area contributed by atoms with Crippen molar-refractivity contribution in [1.29, 1.82) is 0 Å². The molecular weight excluding hydrogens is 376 g/mol. The molecule has 0 saturated heterocycles. The van der Waals surface area contributed by atoms with Gasteiger partial charge in [0.15, 0.2) is 0 Å². The summed E-state index contributed by atoms with van der Waals surface area (Å²) < 4.78 is 23.5. The topological polar surface area (TPSA) is 109 Å². The van der Waals surface area contributed by atoms with Gasteiger partial charge in [0.1, 0.15) is 0 Å². The molecule has 0 radical (unpaired) electrons. The molecule has 0 unspecified atom stereocenters. The quantitative estimate of drug-likeness (QED) is 0.658. The highest BCUT2D eigenvalue weighted by atomic mass is 32.2. The van der Waals surface area contributed by atoms with Crippen LogP contribution < -0.4 is 10.5 Å². The zero-order chi connectivity index (χ0) is 21.1. The van der Waals surface area contributed by atoms with E-state index >= 15 is 0 Å². The van der Waals surface area contributed by atoms with Crippen LogP contribution >= 0.6 is 0 Å². The monoisotopic (exact) mass is 404 g/mol. The Balaban J connectivity index is 2.24. The lowest BCUT2D eigenvalue weighted by Gasteiger charge is -2.33. The molecule has 2 rings (SSSR count). The van der Waals surface area contributed by atoms with Crippen molar-refractivity contribution in [3.63, 3.8) is 0 Å². The Bertz CT molecular complexity index is 956. The van der Waals surface area contributed by atoms with E-state index in [2.05, 4.69) is 5.32 Å². The van der Waals surface area contributed by atoms with Gasteiger partial charge >= 0.3 is 0 Å². The lowest BCUT2D eigenvalue weighted by Crippen LogP contribution is -2.44. The van der Waals surface area contributed by atoms with Gasteiger partial charge in [-0.3, -0.25) is 4.79 Å². The maximum absolute atomic E-state index is 12.7. The van der Waals surface area contributed by atoms with Crippen LogP contribution in [0.4, 0.5) is 0 Å². The Morgan fingerprint density at radius 2 is 1.79 bits per heavy atom. The highest BCUT2D eigenvalue weighted by Gasteiger charge is 2.31. The molecule has 0 bridgehead atoms. The summed E-state index contributed by atoms with van der Waals surface area (Å²) in [6.45, 7) is 7.22. The predicted molar refractivity (Wildman–Crippen MR) is 110 cm³/mol. The van der Waals surface area contributed by atoms with Crippen LogP contribution in [0.15, 0.2) is 47.4 Å². The van der Waals surface area contributed by atoms with Crippen molar-refractivity contribution >= 4 is 15.9 Å². The van der Waals surface area contributed by atoms with E-state index in [0.717, 1.165) is 5.56 Å². The van der Waals surface area contributed by atoms with Gasteiger partial charge in [0.05, 0.1) is 11.0 Å². The molecule has 152 valence electrons. The lowest BCUT2D eigenvalue weighted by atomic mass is 9.79. The van der Waals surface area contributed by atoms with Crippen LogP contribution in [0.3, 0.4) is 0 Å². The molecule has 0 aliphatic rings. The van der Waals surface area contributed by atoms with E-state index < -0.39 is 27.4 Å². The third-order valence-electron chi connectivity index (χ3n) is 5.19. The normalized spacial score (nSPS) is 14.9. The Morgan fingerprint density at radius 1 is 1.18 bits per heavy atom. The maximum atomic E-state index is 12.7. The number of amides is 1. The molecule has 1 amide bonds. The van der Waals surface area contributed by atoms with Crippen molar-refractivity contribution < 1.29 is 18.3 Å². The number of aryl methyl sites for hydroxylation is 2. The van der Waals surface area contributed by atoms with Crippen LogP contribution in [0.5, 0.6) is 0 Å². The van der Waals surface area contributed by atoms with Gasteiger partial charge in [0, 0.05) is 17.5 Å². The minimum atomic E-state index is -3.92. The minimum absolute atomic E-state index is 0.0641. The van der Waals surface area contributed by atoms with Gasteiger partial charge < -0.3 is 10.4 Å². The first-order valence-electron chi connectivity index (χ1n) is 9.08. The number of rotatable bonds is 7. The van der Waals surface area contributed by atoms with Gasteiger partial charge in [0.2, 0.25) is 10.0 Å². The molecule has 6 nitrogen and oxygen atoms in total. The van der Waals surface area contributed by atoms with Crippen molar-refractivity contribution in [3.05, 3.63) is 64.7 Å². The number of primary sulfonamides is 1. The highest BCUT2D eigenvalue weighted by molar-refractivity contribution is 7.89. The molecule has 0 spiro atoms. The number of nitrogens with one attached hydrogen (secondary N) is 1. The number of benzene rings is 2. The van der Waals surface area contributed by atoms with Crippen LogP contribution in [-0.4, -0.2) is 32.1 Å². The number of sulfonamides is 1. The van der Waals surface area contributed by atoms with E-state index in [9.17, 15) is 18.3 Å². The molecule has 0 aliphatic carbocycles. The average molecular weight is 405 g/mol. The Hall–Kier alpha value is -2.22. The van der Waals surface area contributed by atoms with E-state index in [1.165, 1.54) is 6.07 Å². The van der Waals surface area contributed by atoms with Crippen LogP contribution in [-0.2, 0) is 16.4 Å². The fourth-order valence-electron chi connectivity index (χ4n) is 3.18. The zero-order valence-electron chi connectivity index (χ0n) is 16.7. The summed E-state index contributed by atoms with van der Waals surface area (Å²) in [5.41, 5.74) is 1.88. The average Bonchev–Trinajstić information content (AvgIpc) is 2.59. The van der Waals surface area contributed by atoms with E-state index in [0.29, 0.717) is 17.5 Å². The van der Waals surface area contributed by atoms with Crippen molar-refractivity contribution in [2.75, 3.05) is 6.54 Å². The number of carbonyl (C=O) groups excluding carboxylic acids is 1. The van der Waals surface area contributed by atoms with Gasteiger partial charge in [-0.2, -0.15) is 0 Å². The molecule has 0 fully saturated rings. The summed E-state index contributed by atoms with van der Waals surface area (Å²) in [6.07, 6.45) is -0.0757. The predicted octanol–water partition coefficient (Wildman–Crippen LogP) is 2.31. The number of aliphatic hydroxyl groups excluding tert-OH is 1. The number of hydrogen-bond donors (Lipinski definition) is 3. The first kappa shape index (κ1) is 22.1. The molecule has 0 heterocycles. The summed E-state index contributed by atoms with van der Waals surface area (Å²) in [7, 11) is -3.92. The number of carbonyl (C=O) groups is 1. The van der Waals surface area contributed by atoms with Gasteiger partial charge in [-0.25, -0.2) is 13.6 Å². The van der Waals surface area contributed by atoms with Gasteiger partial charge in [-0.15, -0.1) is 0 Å². The second-order valence-electron chi connectivity index (χ2n) is 7.65. The fourth-order valence-corrected chi connectivity index (χ4v) is 3.97. The van der Waals surface area contributed by atoms with Crippen molar-refractivity contribution in [2.45, 2.75) is 45.1 Å².